The highest BCUT2D eigenvalue weighted by Crippen LogP contribution is 2.21. The molecule has 17 heavy (non-hydrogen) atoms. The van der Waals surface area contributed by atoms with Gasteiger partial charge in [-0.1, -0.05) is 26.0 Å². The fourth-order valence-electron chi connectivity index (χ4n) is 2.04. The average Bonchev–Trinajstić information content (AvgIpc) is 2.55. The highest BCUT2D eigenvalue weighted by Gasteiger charge is 2.26. The van der Waals surface area contributed by atoms with Gasteiger partial charge in [-0.3, -0.25) is 4.57 Å². The fraction of sp³-hybridized carbons (Fsp3) is 0.333. The van der Waals surface area contributed by atoms with E-state index in [2.05, 4.69) is 4.98 Å². The molecule has 90 valence electrons. The smallest absolute Gasteiger partial charge is 0.327 e. The van der Waals surface area contributed by atoms with Crippen LogP contribution in [0.2, 0.25) is 0 Å². The van der Waals surface area contributed by atoms with Crippen molar-refractivity contribution < 1.29 is 9.90 Å². The van der Waals surface area contributed by atoms with Crippen LogP contribution in [0.4, 0.5) is 0 Å². The highest BCUT2D eigenvalue weighted by molar-refractivity contribution is 5.79. The molecule has 1 aromatic carbocycles. The largest absolute Gasteiger partial charge is 0.480 e. The SMILES string of the molecule is CC(C)C(C(=O)O)n1c(=O)[nH]c2ccccc21. The molecule has 1 atom stereocenters. The lowest BCUT2D eigenvalue weighted by molar-refractivity contribution is -0.142. The predicted octanol–water partition coefficient (Wildman–Crippen LogP) is 1.61. The summed E-state index contributed by atoms with van der Waals surface area (Å²) in [5, 5.41) is 9.23. The Hall–Kier alpha value is -2.04. The summed E-state index contributed by atoms with van der Waals surface area (Å²) in [7, 11) is 0. The van der Waals surface area contributed by atoms with Gasteiger partial charge in [0.2, 0.25) is 0 Å². The minimum atomic E-state index is -0.994. The van der Waals surface area contributed by atoms with Crippen LogP contribution in [-0.2, 0) is 4.79 Å². The molecule has 0 aliphatic carbocycles. The number of nitrogens with zero attached hydrogens (tertiary/aromatic N) is 1. The molecule has 0 fully saturated rings. The van der Waals surface area contributed by atoms with E-state index in [1.54, 1.807) is 38.1 Å². The highest BCUT2D eigenvalue weighted by atomic mass is 16.4. The van der Waals surface area contributed by atoms with E-state index in [0.29, 0.717) is 11.0 Å². The number of nitrogens with one attached hydrogen (secondary N) is 1. The van der Waals surface area contributed by atoms with Crippen LogP contribution in [0.3, 0.4) is 0 Å². The molecule has 0 saturated carbocycles. The molecule has 0 radical (unpaired) electrons. The lowest BCUT2D eigenvalue weighted by Gasteiger charge is -2.17. The summed E-state index contributed by atoms with van der Waals surface area (Å²) < 4.78 is 1.31. The van der Waals surface area contributed by atoms with E-state index in [1.807, 2.05) is 0 Å². The van der Waals surface area contributed by atoms with Crippen molar-refractivity contribution in [1.82, 2.24) is 9.55 Å². The molecule has 2 aromatic rings. The van der Waals surface area contributed by atoms with Gasteiger partial charge in [-0.15, -0.1) is 0 Å². The zero-order valence-corrected chi connectivity index (χ0v) is 9.68. The van der Waals surface area contributed by atoms with Gasteiger partial charge >= 0.3 is 11.7 Å². The number of aliphatic carboxylic acids is 1. The third-order valence-electron chi connectivity index (χ3n) is 2.79. The first-order valence-electron chi connectivity index (χ1n) is 5.44. The predicted molar refractivity (Wildman–Crippen MR) is 64.1 cm³/mol. The number of para-hydroxylation sites is 2. The summed E-state index contributed by atoms with van der Waals surface area (Å²) >= 11 is 0. The van der Waals surface area contributed by atoms with E-state index >= 15 is 0 Å². The molecule has 0 bridgehead atoms. The molecule has 1 unspecified atom stereocenters. The molecular formula is C12H14N2O3. The molecular weight excluding hydrogens is 220 g/mol. The Kier molecular flexibility index (Phi) is 2.75. The van der Waals surface area contributed by atoms with Crippen LogP contribution in [0.15, 0.2) is 29.1 Å². The number of aromatic amines is 1. The van der Waals surface area contributed by atoms with Gasteiger partial charge in [0, 0.05) is 0 Å². The van der Waals surface area contributed by atoms with Crippen molar-refractivity contribution >= 4 is 17.0 Å². The number of imidazole rings is 1. The summed E-state index contributed by atoms with van der Waals surface area (Å²) in [6.45, 7) is 3.57. The maximum Gasteiger partial charge on any atom is 0.327 e. The second-order valence-electron chi connectivity index (χ2n) is 4.34. The Labute approximate surface area is 97.7 Å². The molecule has 0 saturated heterocycles. The number of H-pyrrole nitrogens is 1. The summed E-state index contributed by atoms with van der Waals surface area (Å²) in [4.78, 5) is 25.8. The zero-order valence-electron chi connectivity index (χ0n) is 9.68. The van der Waals surface area contributed by atoms with Crippen molar-refractivity contribution in [2.75, 3.05) is 0 Å². The zero-order chi connectivity index (χ0) is 12.6. The quantitative estimate of drug-likeness (QED) is 0.847. The number of hydrogen-bond acceptors (Lipinski definition) is 2. The summed E-state index contributed by atoms with van der Waals surface area (Å²) in [6.07, 6.45) is 0. The fourth-order valence-corrected chi connectivity index (χ4v) is 2.04. The number of fused-ring (bicyclic) bond motifs is 1. The topological polar surface area (TPSA) is 75.1 Å². The molecule has 2 rings (SSSR count). The van der Waals surface area contributed by atoms with Gasteiger partial charge in [0.25, 0.3) is 0 Å². The van der Waals surface area contributed by atoms with Crippen molar-refractivity contribution in [3.8, 4) is 0 Å². The summed E-state index contributed by atoms with van der Waals surface area (Å²) in [6, 6.07) is 6.23. The molecule has 2 N–H and O–H groups in total. The second-order valence-corrected chi connectivity index (χ2v) is 4.34. The Morgan fingerprint density at radius 3 is 2.59 bits per heavy atom. The molecule has 0 amide bonds. The van der Waals surface area contributed by atoms with Crippen LogP contribution in [0, 0.1) is 5.92 Å². The average molecular weight is 234 g/mol. The number of hydrogen-bond donors (Lipinski definition) is 2. The monoisotopic (exact) mass is 234 g/mol. The molecule has 1 aromatic heterocycles. The van der Waals surface area contributed by atoms with Gasteiger partial charge in [0.15, 0.2) is 0 Å². The second kappa shape index (κ2) is 4.08. The van der Waals surface area contributed by atoms with Gasteiger partial charge in [-0.25, -0.2) is 9.59 Å². The Balaban J connectivity index is 2.72. The first kappa shape index (κ1) is 11.4. The summed E-state index contributed by atoms with van der Waals surface area (Å²) in [5.41, 5.74) is 0.898. The van der Waals surface area contributed by atoms with Crippen LogP contribution in [0.25, 0.3) is 11.0 Å². The number of rotatable bonds is 3. The van der Waals surface area contributed by atoms with Gasteiger partial charge in [-0.2, -0.15) is 0 Å². The normalized spacial score (nSPS) is 13.1. The number of carbonyl (C=O) groups is 1. The van der Waals surface area contributed by atoms with E-state index in [0.717, 1.165) is 0 Å². The van der Waals surface area contributed by atoms with Crippen molar-refractivity contribution in [2.24, 2.45) is 5.92 Å². The van der Waals surface area contributed by atoms with Crippen LogP contribution >= 0.6 is 0 Å². The molecule has 0 aliphatic rings. The number of benzene rings is 1. The first-order valence-corrected chi connectivity index (χ1v) is 5.44. The van der Waals surface area contributed by atoms with Gasteiger partial charge in [0.1, 0.15) is 6.04 Å². The van der Waals surface area contributed by atoms with E-state index in [4.69, 9.17) is 0 Å². The molecule has 0 spiro atoms. The third-order valence-corrected chi connectivity index (χ3v) is 2.79. The lowest BCUT2D eigenvalue weighted by atomic mass is 10.0. The molecule has 5 nitrogen and oxygen atoms in total. The molecule has 1 heterocycles. The molecule has 5 heteroatoms. The Morgan fingerprint density at radius 2 is 2.00 bits per heavy atom. The van der Waals surface area contributed by atoms with E-state index in [9.17, 15) is 14.7 Å². The van der Waals surface area contributed by atoms with Crippen molar-refractivity contribution in [3.63, 3.8) is 0 Å². The lowest BCUT2D eigenvalue weighted by Crippen LogP contribution is -2.31. The Bertz CT molecular complexity index is 609. The van der Waals surface area contributed by atoms with E-state index in [1.165, 1.54) is 4.57 Å². The van der Waals surface area contributed by atoms with Crippen molar-refractivity contribution in [3.05, 3.63) is 34.7 Å². The van der Waals surface area contributed by atoms with E-state index in [-0.39, 0.29) is 11.6 Å². The van der Waals surface area contributed by atoms with Crippen molar-refractivity contribution in [1.29, 1.82) is 0 Å². The number of carboxylic acids is 1. The maximum absolute atomic E-state index is 11.8. The van der Waals surface area contributed by atoms with Gasteiger partial charge < -0.3 is 10.1 Å². The Morgan fingerprint density at radius 1 is 1.35 bits per heavy atom. The van der Waals surface area contributed by atoms with Crippen LogP contribution in [0.1, 0.15) is 19.9 Å². The van der Waals surface area contributed by atoms with Crippen LogP contribution in [-0.4, -0.2) is 20.6 Å². The third kappa shape index (κ3) is 1.84. The maximum atomic E-state index is 11.8. The van der Waals surface area contributed by atoms with Crippen LogP contribution < -0.4 is 5.69 Å². The van der Waals surface area contributed by atoms with Gasteiger partial charge in [0.05, 0.1) is 11.0 Å². The first-order chi connectivity index (χ1) is 8.02. The van der Waals surface area contributed by atoms with Gasteiger partial charge in [-0.05, 0) is 18.1 Å². The van der Waals surface area contributed by atoms with Crippen LogP contribution in [0.5, 0.6) is 0 Å². The standard InChI is InChI=1S/C12H14N2O3/c1-7(2)10(11(15)16)14-9-6-4-3-5-8(9)13-12(14)17/h3-7,10H,1-2H3,(H,13,17)(H,15,16). The number of aromatic nitrogens is 2. The minimum absolute atomic E-state index is 0.163. The minimum Gasteiger partial charge on any atom is -0.480 e. The van der Waals surface area contributed by atoms with Crippen molar-refractivity contribution in [2.45, 2.75) is 19.9 Å². The van der Waals surface area contributed by atoms with E-state index < -0.39 is 12.0 Å². The number of carboxylic acid groups (broad SMARTS) is 1. The molecule has 0 aliphatic heterocycles. The summed E-state index contributed by atoms with van der Waals surface area (Å²) in [5.74, 6) is -1.16.